The van der Waals surface area contributed by atoms with Gasteiger partial charge in [-0.05, 0) is 54.3 Å². The van der Waals surface area contributed by atoms with E-state index in [1.165, 1.54) is 6.07 Å². The zero-order chi connectivity index (χ0) is 14.8. The maximum absolute atomic E-state index is 13.2. The Morgan fingerprint density at radius 3 is 2.81 bits per heavy atom. The maximum Gasteiger partial charge on any atom is 0.316 e. The molecular weight excluding hydrogens is 269 g/mol. The Morgan fingerprint density at radius 2 is 2.00 bits per heavy atom. The van der Waals surface area contributed by atoms with Gasteiger partial charge in [0.15, 0.2) is 0 Å². The molecule has 0 aliphatic heterocycles. The summed E-state index contributed by atoms with van der Waals surface area (Å²) in [4.78, 5) is 10.9. The fourth-order valence-electron chi connectivity index (χ4n) is 2.77. The SMILES string of the molecule is NC(=O)Nc1cccc(NC2CCc3cc(F)ccc32)c1. The minimum Gasteiger partial charge on any atom is -0.378 e. The van der Waals surface area contributed by atoms with Gasteiger partial charge in [0, 0.05) is 11.4 Å². The number of primary amides is 1. The molecule has 1 aliphatic rings. The molecule has 1 unspecified atom stereocenters. The molecule has 0 saturated carbocycles. The molecule has 108 valence electrons. The van der Waals surface area contributed by atoms with Crippen molar-refractivity contribution in [1.82, 2.24) is 0 Å². The highest BCUT2D eigenvalue weighted by Gasteiger charge is 2.22. The number of aryl methyl sites for hydroxylation is 1. The Balaban J connectivity index is 1.78. The largest absolute Gasteiger partial charge is 0.378 e. The first-order valence-electron chi connectivity index (χ1n) is 6.83. The van der Waals surface area contributed by atoms with E-state index in [2.05, 4.69) is 10.6 Å². The van der Waals surface area contributed by atoms with Gasteiger partial charge in [0.25, 0.3) is 0 Å². The number of nitrogens with two attached hydrogens (primary N) is 1. The number of carbonyl (C=O) groups is 1. The molecule has 21 heavy (non-hydrogen) atoms. The molecule has 4 N–H and O–H groups in total. The summed E-state index contributed by atoms with van der Waals surface area (Å²) in [6.45, 7) is 0. The molecular formula is C16H16FN3O. The molecule has 0 bridgehead atoms. The number of fused-ring (bicyclic) bond motifs is 1. The van der Waals surface area contributed by atoms with E-state index in [0.717, 1.165) is 29.7 Å². The number of rotatable bonds is 3. The Kier molecular flexibility index (Phi) is 3.48. The van der Waals surface area contributed by atoms with Crippen LogP contribution >= 0.6 is 0 Å². The van der Waals surface area contributed by atoms with E-state index in [1.807, 2.05) is 24.3 Å². The average molecular weight is 285 g/mol. The van der Waals surface area contributed by atoms with E-state index < -0.39 is 6.03 Å². The van der Waals surface area contributed by atoms with Gasteiger partial charge in [0.1, 0.15) is 5.82 Å². The number of hydrogen-bond acceptors (Lipinski definition) is 2. The van der Waals surface area contributed by atoms with Gasteiger partial charge < -0.3 is 16.4 Å². The maximum atomic E-state index is 13.2. The lowest BCUT2D eigenvalue weighted by Crippen LogP contribution is -2.19. The number of urea groups is 1. The molecule has 2 aromatic rings. The molecule has 0 saturated heterocycles. The van der Waals surface area contributed by atoms with Gasteiger partial charge in [-0.25, -0.2) is 9.18 Å². The number of carbonyl (C=O) groups excluding carboxylic acids is 1. The molecule has 3 rings (SSSR count). The third-order valence-corrected chi connectivity index (χ3v) is 3.65. The molecule has 0 spiro atoms. The first-order chi connectivity index (χ1) is 10.1. The summed E-state index contributed by atoms with van der Waals surface area (Å²) in [5.41, 5.74) is 8.83. The van der Waals surface area contributed by atoms with Crippen molar-refractivity contribution in [3.8, 4) is 0 Å². The molecule has 0 heterocycles. The van der Waals surface area contributed by atoms with Gasteiger partial charge in [0.2, 0.25) is 0 Å². The second kappa shape index (κ2) is 5.44. The lowest BCUT2D eigenvalue weighted by Gasteiger charge is -2.16. The number of benzene rings is 2. The van der Waals surface area contributed by atoms with Crippen molar-refractivity contribution in [1.29, 1.82) is 0 Å². The number of hydrogen-bond donors (Lipinski definition) is 3. The fourth-order valence-corrected chi connectivity index (χ4v) is 2.77. The minimum atomic E-state index is -0.589. The standard InChI is InChI=1S/C16H16FN3O/c17-11-5-6-14-10(8-11)4-7-15(14)19-12-2-1-3-13(9-12)20-16(18)21/h1-3,5-6,8-9,15,19H,4,7H2,(H3,18,20,21). The molecule has 1 aliphatic carbocycles. The van der Waals surface area contributed by atoms with E-state index in [-0.39, 0.29) is 11.9 Å². The third-order valence-electron chi connectivity index (χ3n) is 3.65. The average Bonchev–Trinajstić information content (AvgIpc) is 2.80. The Morgan fingerprint density at radius 1 is 1.19 bits per heavy atom. The van der Waals surface area contributed by atoms with E-state index in [9.17, 15) is 9.18 Å². The van der Waals surface area contributed by atoms with Crippen LogP contribution in [0.3, 0.4) is 0 Å². The summed E-state index contributed by atoms with van der Waals surface area (Å²) in [5, 5.41) is 5.96. The van der Waals surface area contributed by atoms with Crippen LogP contribution in [0, 0.1) is 5.82 Å². The fraction of sp³-hybridized carbons (Fsp3) is 0.188. The van der Waals surface area contributed by atoms with Crippen LogP contribution in [0.5, 0.6) is 0 Å². The van der Waals surface area contributed by atoms with Crippen LogP contribution in [0.2, 0.25) is 0 Å². The molecule has 0 radical (unpaired) electrons. The summed E-state index contributed by atoms with van der Waals surface area (Å²) in [7, 11) is 0. The van der Waals surface area contributed by atoms with Gasteiger partial charge in [0.05, 0.1) is 6.04 Å². The molecule has 4 nitrogen and oxygen atoms in total. The molecule has 2 amide bonds. The quantitative estimate of drug-likeness (QED) is 0.809. The first-order valence-corrected chi connectivity index (χ1v) is 6.83. The van der Waals surface area contributed by atoms with E-state index >= 15 is 0 Å². The Hall–Kier alpha value is -2.56. The van der Waals surface area contributed by atoms with Crippen molar-refractivity contribution < 1.29 is 9.18 Å². The van der Waals surface area contributed by atoms with E-state index in [0.29, 0.717) is 5.69 Å². The summed E-state index contributed by atoms with van der Waals surface area (Å²) in [5.74, 6) is -0.193. The lowest BCUT2D eigenvalue weighted by molar-refractivity contribution is 0.259. The van der Waals surface area contributed by atoms with Crippen LogP contribution in [0.1, 0.15) is 23.6 Å². The van der Waals surface area contributed by atoms with Gasteiger partial charge in [-0.3, -0.25) is 0 Å². The van der Waals surface area contributed by atoms with Crippen LogP contribution in [0.15, 0.2) is 42.5 Å². The van der Waals surface area contributed by atoms with Gasteiger partial charge in [-0.2, -0.15) is 0 Å². The minimum absolute atomic E-state index is 0.157. The smallest absolute Gasteiger partial charge is 0.316 e. The van der Waals surface area contributed by atoms with Crippen LogP contribution in [0.4, 0.5) is 20.6 Å². The van der Waals surface area contributed by atoms with Crippen molar-refractivity contribution in [2.75, 3.05) is 10.6 Å². The summed E-state index contributed by atoms with van der Waals surface area (Å²) in [6, 6.07) is 11.9. The lowest BCUT2D eigenvalue weighted by atomic mass is 10.1. The monoisotopic (exact) mass is 285 g/mol. The second-order valence-electron chi connectivity index (χ2n) is 5.15. The van der Waals surface area contributed by atoms with Crippen LogP contribution in [-0.2, 0) is 6.42 Å². The second-order valence-corrected chi connectivity index (χ2v) is 5.15. The van der Waals surface area contributed by atoms with E-state index in [1.54, 1.807) is 12.1 Å². The predicted octanol–water partition coefficient (Wildman–Crippen LogP) is 3.42. The number of anilines is 2. The number of halogens is 1. The van der Waals surface area contributed by atoms with Crippen molar-refractivity contribution in [3.63, 3.8) is 0 Å². The first kappa shape index (κ1) is 13.4. The van der Waals surface area contributed by atoms with Crippen molar-refractivity contribution in [2.24, 2.45) is 5.73 Å². The third kappa shape index (κ3) is 2.97. The topological polar surface area (TPSA) is 67.2 Å². The highest BCUT2D eigenvalue weighted by Crippen LogP contribution is 2.34. The zero-order valence-electron chi connectivity index (χ0n) is 11.4. The van der Waals surface area contributed by atoms with Gasteiger partial charge >= 0.3 is 6.03 Å². The van der Waals surface area contributed by atoms with Crippen molar-refractivity contribution >= 4 is 17.4 Å². The molecule has 0 fully saturated rings. The molecule has 0 aromatic heterocycles. The van der Waals surface area contributed by atoms with Crippen molar-refractivity contribution in [3.05, 3.63) is 59.4 Å². The summed E-state index contributed by atoms with van der Waals surface area (Å²) in [6.07, 6.45) is 1.79. The highest BCUT2D eigenvalue weighted by molar-refractivity contribution is 5.88. The van der Waals surface area contributed by atoms with Gasteiger partial charge in [-0.1, -0.05) is 12.1 Å². The normalized spacial score (nSPS) is 16.3. The molecule has 1 atom stereocenters. The highest BCUT2D eigenvalue weighted by atomic mass is 19.1. The summed E-state index contributed by atoms with van der Waals surface area (Å²) < 4.78 is 13.2. The van der Waals surface area contributed by atoms with Crippen LogP contribution in [-0.4, -0.2) is 6.03 Å². The Bertz CT molecular complexity index is 687. The van der Waals surface area contributed by atoms with Gasteiger partial charge in [-0.15, -0.1) is 0 Å². The van der Waals surface area contributed by atoms with E-state index in [4.69, 9.17) is 5.73 Å². The number of nitrogens with one attached hydrogen (secondary N) is 2. The predicted molar refractivity (Wildman–Crippen MR) is 80.7 cm³/mol. The molecule has 2 aromatic carbocycles. The van der Waals surface area contributed by atoms with Crippen LogP contribution < -0.4 is 16.4 Å². The molecule has 5 heteroatoms. The summed E-state index contributed by atoms with van der Waals surface area (Å²) >= 11 is 0. The van der Waals surface area contributed by atoms with Crippen LogP contribution in [0.25, 0.3) is 0 Å². The Labute approximate surface area is 122 Å². The number of amides is 2. The van der Waals surface area contributed by atoms with Crippen molar-refractivity contribution in [2.45, 2.75) is 18.9 Å². The zero-order valence-corrected chi connectivity index (χ0v) is 11.4.